The molecule has 2 heterocycles. The summed E-state index contributed by atoms with van der Waals surface area (Å²) in [6.07, 6.45) is 0. The number of benzene rings is 1. The van der Waals surface area contributed by atoms with Crippen molar-refractivity contribution in [3.63, 3.8) is 0 Å². The fourth-order valence-electron chi connectivity index (χ4n) is 2.96. The van der Waals surface area contributed by atoms with E-state index in [-0.39, 0.29) is 17.2 Å². The minimum Gasteiger partial charge on any atom is -0.494 e. The van der Waals surface area contributed by atoms with Crippen LogP contribution >= 0.6 is 23.1 Å². The molecule has 6 nitrogen and oxygen atoms in total. The molecule has 0 saturated heterocycles. The molecule has 0 bridgehead atoms. The molecule has 30 heavy (non-hydrogen) atoms. The Hall–Kier alpha value is -2.32. The van der Waals surface area contributed by atoms with E-state index in [1.165, 1.54) is 23.1 Å². The molecule has 0 spiro atoms. The Morgan fingerprint density at radius 1 is 1.27 bits per heavy atom. The molecule has 0 atom stereocenters. The Balaban J connectivity index is 2.02. The van der Waals surface area contributed by atoms with Crippen LogP contribution < -0.4 is 15.6 Å². The molecule has 0 aliphatic carbocycles. The van der Waals surface area contributed by atoms with Gasteiger partial charge in [0.1, 0.15) is 10.6 Å². The number of thiophene rings is 1. The number of fused-ring (bicyclic) bond motifs is 1. The predicted molar refractivity (Wildman–Crippen MR) is 124 cm³/mol. The normalized spacial score (nSPS) is 11.3. The number of hydrogen-bond acceptors (Lipinski definition) is 6. The Morgan fingerprint density at radius 2 is 1.97 bits per heavy atom. The lowest BCUT2D eigenvalue weighted by atomic mass is 10.2. The number of amides is 1. The fourth-order valence-corrected chi connectivity index (χ4v) is 4.87. The topological polar surface area (TPSA) is 73.2 Å². The average molecular weight is 446 g/mol. The van der Waals surface area contributed by atoms with Crippen molar-refractivity contribution >= 4 is 39.2 Å². The highest BCUT2D eigenvalue weighted by Gasteiger charge is 2.19. The van der Waals surface area contributed by atoms with E-state index in [0.29, 0.717) is 40.1 Å². The van der Waals surface area contributed by atoms with Crippen LogP contribution in [0.1, 0.15) is 31.2 Å². The van der Waals surface area contributed by atoms with Gasteiger partial charge in [-0.25, -0.2) is 4.98 Å². The van der Waals surface area contributed by atoms with Gasteiger partial charge < -0.3 is 10.1 Å². The number of carbonyl (C=O) groups is 1. The molecule has 0 saturated carbocycles. The highest BCUT2D eigenvalue weighted by molar-refractivity contribution is 7.99. The average Bonchev–Trinajstić information content (AvgIpc) is 3.00. The zero-order valence-corrected chi connectivity index (χ0v) is 19.6. The Bertz CT molecular complexity index is 1100. The smallest absolute Gasteiger partial charge is 0.267 e. The zero-order chi connectivity index (χ0) is 21.8. The minimum absolute atomic E-state index is 0.0696. The van der Waals surface area contributed by atoms with Crippen molar-refractivity contribution in [2.75, 3.05) is 18.9 Å². The summed E-state index contributed by atoms with van der Waals surface area (Å²) >= 11 is 2.79. The summed E-state index contributed by atoms with van der Waals surface area (Å²) in [5.74, 6) is 1.26. The lowest BCUT2D eigenvalue weighted by Crippen LogP contribution is -2.29. The number of nitrogens with one attached hydrogen (secondary N) is 1. The van der Waals surface area contributed by atoms with Crippen LogP contribution in [-0.4, -0.2) is 34.4 Å². The van der Waals surface area contributed by atoms with Crippen LogP contribution in [0.3, 0.4) is 0 Å². The summed E-state index contributed by atoms with van der Waals surface area (Å²) < 4.78 is 7.11. The molecule has 8 heteroatoms. The van der Waals surface area contributed by atoms with E-state index in [9.17, 15) is 9.59 Å². The molecule has 1 amide bonds. The molecule has 2 aromatic heterocycles. The molecule has 160 valence electrons. The molecule has 0 unspecified atom stereocenters. The maximum absolute atomic E-state index is 13.4. The largest absolute Gasteiger partial charge is 0.494 e. The number of carbonyl (C=O) groups excluding carboxylic acids is 1. The Kier molecular flexibility index (Phi) is 7.20. The van der Waals surface area contributed by atoms with Crippen molar-refractivity contribution in [1.82, 2.24) is 14.9 Å². The van der Waals surface area contributed by atoms with Crippen molar-refractivity contribution in [3.8, 4) is 11.4 Å². The molecule has 0 aliphatic heterocycles. The van der Waals surface area contributed by atoms with E-state index in [2.05, 4.69) is 5.32 Å². The van der Waals surface area contributed by atoms with E-state index < -0.39 is 0 Å². The lowest BCUT2D eigenvalue weighted by Gasteiger charge is -2.13. The number of nitrogens with zero attached hydrogens (tertiary/aromatic N) is 2. The summed E-state index contributed by atoms with van der Waals surface area (Å²) in [6.45, 7) is 11.2. The number of thioether (sulfide) groups is 1. The van der Waals surface area contributed by atoms with Crippen molar-refractivity contribution in [1.29, 1.82) is 0 Å². The van der Waals surface area contributed by atoms with Gasteiger partial charge in [0.2, 0.25) is 5.91 Å². The van der Waals surface area contributed by atoms with Crippen LogP contribution in [0.2, 0.25) is 0 Å². The Labute approximate surface area is 184 Å². The third-order valence-electron chi connectivity index (χ3n) is 4.62. The predicted octanol–water partition coefficient (Wildman–Crippen LogP) is 4.33. The first-order chi connectivity index (χ1) is 14.3. The molecule has 1 N–H and O–H groups in total. The fraction of sp³-hybridized carbons (Fsp3) is 0.409. The molecule has 1 aromatic carbocycles. The summed E-state index contributed by atoms with van der Waals surface area (Å²) in [5, 5.41) is 4.06. The number of aryl methyl sites for hydroxylation is 2. The first-order valence-corrected chi connectivity index (χ1v) is 11.8. The van der Waals surface area contributed by atoms with Crippen molar-refractivity contribution < 1.29 is 9.53 Å². The zero-order valence-electron chi connectivity index (χ0n) is 17.9. The van der Waals surface area contributed by atoms with E-state index in [4.69, 9.17) is 9.72 Å². The van der Waals surface area contributed by atoms with E-state index in [0.717, 1.165) is 16.2 Å². The van der Waals surface area contributed by atoms with Crippen LogP contribution in [0.4, 0.5) is 0 Å². The van der Waals surface area contributed by atoms with Gasteiger partial charge >= 0.3 is 0 Å². The maximum Gasteiger partial charge on any atom is 0.267 e. The van der Waals surface area contributed by atoms with Gasteiger partial charge in [0.15, 0.2) is 5.16 Å². The monoisotopic (exact) mass is 445 g/mol. The van der Waals surface area contributed by atoms with Crippen LogP contribution in [0.15, 0.2) is 34.2 Å². The number of rotatable bonds is 8. The third-order valence-corrected chi connectivity index (χ3v) is 6.66. The van der Waals surface area contributed by atoms with E-state index >= 15 is 0 Å². The number of aromatic nitrogens is 2. The van der Waals surface area contributed by atoms with Crippen molar-refractivity contribution in [2.45, 2.75) is 39.8 Å². The van der Waals surface area contributed by atoms with Crippen molar-refractivity contribution in [2.24, 2.45) is 5.92 Å². The van der Waals surface area contributed by atoms with Gasteiger partial charge in [0.25, 0.3) is 5.56 Å². The molecule has 3 rings (SSSR count). The van der Waals surface area contributed by atoms with Crippen LogP contribution in [0, 0.1) is 19.8 Å². The molecular formula is C22H27N3O3S2. The summed E-state index contributed by atoms with van der Waals surface area (Å²) in [4.78, 5) is 32.2. The highest BCUT2D eigenvalue weighted by Crippen LogP contribution is 2.29. The molecular weight excluding hydrogens is 418 g/mol. The molecule has 0 fully saturated rings. The molecule has 0 aliphatic rings. The Morgan fingerprint density at radius 3 is 2.60 bits per heavy atom. The van der Waals surface area contributed by atoms with E-state index in [1.54, 1.807) is 4.57 Å². The summed E-state index contributed by atoms with van der Waals surface area (Å²) in [7, 11) is 0. The maximum atomic E-state index is 13.4. The summed E-state index contributed by atoms with van der Waals surface area (Å²) in [6, 6.07) is 7.37. The summed E-state index contributed by atoms with van der Waals surface area (Å²) in [5.41, 5.74) is 1.54. The van der Waals surface area contributed by atoms with Gasteiger partial charge in [-0.3, -0.25) is 14.2 Å². The van der Waals surface area contributed by atoms with Crippen LogP contribution in [0.25, 0.3) is 15.9 Å². The van der Waals surface area contributed by atoms with Gasteiger partial charge in [0.05, 0.1) is 23.4 Å². The molecule has 3 aromatic rings. The quantitative estimate of drug-likeness (QED) is 0.413. The standard InChI is InChI=1S/C22H27N3O3S2/c1-6-28-17-9-7-16(8-10-17)25-21(27)19-14(4)15(5)30-20(19)24-22(25)29-12-18(26)23-11-13(2)3/h7-10,13H,6,11-12H2,1-5H3,(H,23,26). The van der Waals surface area contributed by atoms with Gasteiger partial charge in [-0.1, -0.05) is 25.6 Å². The first-order valence-electron chi connectivity index (χ1n) is 9.97. The van der Waals surface area contributed by atoms with Gasteiger partial charge in [-0.2, -0.15) is 0 Å². The molecule has 0 radical (unpaired) electrons. The van der Waals surface area contributed by atoms with Crippen molar-refractivity contribution in [3.05, 3.63) is 45.1 Å². The van der Waals surface area contributed by atoms with Crippen LogP contribution in [-0.2, 0) is 4.79 Å². The van der Waals surface area contributed by atoms with Gasteiger partial charge in [-0.05, 0) is 56.5 Å². The SMILES string of the molecule is CCOc1ccc(-n2c(SCC(=O)NCC(C)C)nc3sc(C)c(C)c3c2=O)cc1. The van der Waals surface area contributed by atoms with Crippen LogP contribution in [0.5, 0.6) is 5.75 Å². The van der Waals surface area contributed by atoms with Gasteiger partial charge in [0, 0.05) is 11.4 Å². The number of hydrogen-bond donors (Lipinski definition) is 1. The first kappa shape index (κ1) is 22.4. The highest BCUT2D eigenvalue weighted by atomic mass is 32.2. The van der Waals surface area contributed by atoms with E-state index in [1.807, 2.05) is 58.9 Å². The third kappa shape index (κ3) is 4.87. The second-order valence-corrected chi connectivity index (χ2v) is 9.56. The second-order valence-electron chi connectivity index (χ2n) is 7.41. The minimum atomic E-state index is -0.115. The lowest BCUT2D eigenvalue weighted by molar-refractivity contribution is -0.118. The van der Waals surface area contributed by atoms with Gasteiger partial charge in [-0.15, -0.1) is 11.3 Å². The number of ether oxygens (including phenoxy) is 1. The second kappa shape index (κ2) is 9.66.